The first-order valence-corrected chi connectivity index (χ1v) is 5.66. The third-order valence-corrected chi connectivity index (χ3v) is 2.21. The zero-order chi connectivity index (χ0) is 10.4. The van der Waals surface area contributed by atoms with Crippen LogP contribution < -0.4 is 0 Å². The van der Waals surface area contributed by atoms with Crippen molar-refractivity contribution in [2.45, 2.75) is 37.4 Å². The molecule has 0 amide bonds. The quantitative estimate of drug-likeness (QED) is 0.345. The summed E-state index contributed by atoms with van der Waals surface area (Å²) in [6, 6.07) is 0. The molecular formula is C8H13IO3S. The number of alkyl halides is 1. The lowest BCUT2D eigenvalue weighted by molar-refractivity contribution is -0.151. The monoisotopic (exact) mass is 316 g/mol. The minimum Gasteiger partial charge on any atom is -0.462 e. The van der Waals surface area contributed by atoms with Crippen LogP contribution in [0.3, 0.4) is 0 Å². The van der Waals surface area contributed by atoms with Crippen LogP contribution in [0.25, 0.3) is 0 Å². The van der Waals surface area contributed by atoms with Gasteiger partial charge in [0.1, 0.15) is 0 Å². The molecule has 0 radical (unpaired) electrons. The Kier molecular flexibility index (Phi) is 6.58. The fraction of sp³-hybridized carbons (Fsp3) is 0.750. The Labute approximate surface area is 97.3 Å². The minimum atomic E-state index is -0.632. The van der Waals surface area contributed by atoms with Gasteiger partial charge in [-0.15, -0.1) is 0 Å². The number of rotatable bonds is 4. The molecule has 0 fully saturated rings. The fourth-order valence-electron chi connectivity index (χ4n) is 0.533. The van der Waals surface area contributed by atoms with E-state index in [-0.39, 0.29) is 12.1 Å². The highest BCUT2D eigenvalue weighted by molar-refractivity contribution is 14.1. The van der Waals surface area contributed by atoms with Gasteiger partial charge in [-0.05, 0) is 48.7 Å². The maximum absolute atomic E-state index is 11.2. The zero-order valence-corrected chi connectivity index (χ0v) is 10.8. The Morgan fingerprint density at radius 1 is 1.46 bits per heavy atom. The molecule has 0 heterocycles. The highest BCUT2D eigenvalue weighted by atomic mass is 127. The summed E-state index contributed by atoms with van der Waals surface area (Å²) in [7, 11) is 0. The summed E-state index contributed by atoms with van der Waals surface area (Å²) in [4.78, 5) is 11.2. The van der Waals surface area contributed by atoms with E-state index in [1.165, 1.54) is 0 Å². The lowest BCUT2D eigenvalue weighted by Crippen LogP contribution is -2.25. The third kappa shape index (κ3) is 6.20. The molecule has 0 saturated heterocycles. The first kappa shape index (κ1) is 13.1. The number of thiocarbonyl (C=S) groups is 1. The van der Waals surface area contributed by atoms with Crippen molar-refractivity contribution in [1.82, 2.24) is 0 Å². The predicted octanol–water partition coefficient (Wildman–Crippen LogP) is 2.45. The first-order chi connectivity index (χ1) is 5.97. The van der Waals surface area contributed by atoms with Gasteiger partial charge in [-0.2, -0.15) is 0 Å². The van der Waals surface area contributed by atoms with Gasteiger partial charge in [-0.1, -0.05) is 6.92 Å². The molecular weight excluding hydrogens is 303 g/mol. The SMILES string of the molecule is CCC(=S)OC(I)C(=O)OC(C)C. The number of carbonyl (C=O) groups excluding carboxylic acids is 1. The van der Waals surface area contributed by atoms with Crippen LogP contribution in [0.4, 0.5) is 0 Å². The topological polar surface area (TPSA) is 35.5 Å². The number of hydrogen-bond donors (Lipinski definition) is 0. The van der Waals surface area contributed by atoms with Gasteiger partial charge in [0.2, 0.25) is 4.11 Å². The minimum absolute atomic E-state index is 0.122. The molecule has 0 spiro atoms. The van der Waals surface area contributed by atoms with Gasteiger partial charge in [0, 0.05) is 6.42 Å². The second kappa shape index (κ2) is 6.53. The summed E-state index contributed by atoms with van der Waals surface area (Å²) in [5.74, 6) is -0.383. The molecule has 0 aliphatic carbocycles. The van der Waals surface area contributed by atoms with E-state index in [0.717, 1.165) is 0 Å². The number of carbonyl (C=O) groups is 1. The molecule has 0 rings (SSSR count). The highest BCUT2D eigenvalue weighted by Crippen LogP contribution is 2.09. The van der Waals surface area contributed by atoms with Crippen molar-refractivity contribution < 1.29 is 14.3 Å². The molecule has 76 valence electrons. The van der Waals surface area contributed by atoms with E-state index in [1.54, 1.807) is 13.8 Å². The van der Waals surface area contributed by atoms with Gasteiger partial charge < -0.3 is 9.47 Å². The molecule has 0 aromatic heterocycles. The van der Waals surface area contributed by atoms with Crippen LogP contribution >= 0.6 is 34.8 Å². The van der Waals surface area contributed by atoms with Crippen molar-refractivity contribution in [3.8, 4) is 0 Å². The average molecular weight is 316 g/mol. The van der Waals surface area contributed by atoms with Crippen LogP contribution in [-0.2, 0) is 14.3 Å². The highest BCUT2D eigenvalue weighted by Gasteiger charge is 2.19. The van der Waals surface area contributed by atoms with Crippen LogP contribution in [0.15, 0.2) is 0 Å². The van der Waals surface area contributed by atoms with E-state index in [0.29, 0.717) is 11.5 Å². The summed E-state index contributed by atoms with van der Waals surface area (Å²) in [6.07, 6.45) is 0.507. The van der Waals surface area contributed by atoms with Gasteiger partial charge in [0.25, 0.3) is 0 Å². The number of esters is 1. The lowest BCUT2D eigenvalue weighted by atomic mass is 10.5. The molecule has 0 aromatic carbocycles. The largest absolute Gasteiger partial charge is 0.462 e. The number of halogens is 1. The van der Waals surface area contributed by atoms with Crippen LogP contribution in [0.5, 0.6) is 0 Å². The van der Waals surface area contributed by atoms with Crippen LogP contribution in [0.1, 0.15) is 27.2 Å². The van der Waals surface area contributed by atoms with E-state index in [9.17, 15) is 4.79 Å². The number of hydrogen-bond acceptors (Lipinski definition) is 4. The molecule has 0 aliphatic rings. The fourth-order valence-corrected chi connectivity index (χ4v) is 1.26. The standard InChI is InChI=1S/C8H13IO3S/c1-4-6(13)12-7(9)8(10)11-5(2)3/h5,7H,4H2,1-3H3. The summed E-state index contributed by atoms with van der Waals surface area (Å²) in [5, 5.41) is 0.431. The Bertz CT molecular complexity index is 194. The van der Waals surface area contributed by atoms with Crippen molar-refractivity contribution in [2.75, 3.05) is 0 Å². The summed E-state index contributed by atoms with van der Waals surface area (Å²) < 4.78 is 9.40. The first-order valence-electron chi connectivity index (χ1n) is 4.01. The van der Waals surface area contributed by atoms with E-state index >= 15 is 0 Å². The Morgan fingerprint density at radius 2 is 2.00 bits per heavy atom. The molecule has 1 atom stereocenters. The second-order valence-electron chi connectivity index (χ2n) is 2.65. The third-order valence-electron chi connectivity index (χ3n) is 1.06. The van der Waals surface area contributed by atoms with Gasteiger partial charge in [-0.25, -0.2) is 4.79 Å². The van der Waals surface area contributed by atoms with E-state index < -0.39 is 4.11 Å². The van der Waals surface area contributed by atoms with Crippen molar-refractivity contribution in [3.63, 3.8) is 0 Å². The molecule has 1 unspecified atom stereocenters. The summed E-state index contributed by atoms with van der Waals surface area (Å²) in [6.45, 7) is 5.46. The number of ether oxygens (including phenoxy) is 2. The molecule has 0 N–H and O–H groups in total. The van der Waals surface area contributed by atoms with Gasteiger partial charge in [0.05, 0.1) is 6.10 Å². The molecule has 0 bridgehead atoms. The normalized spacial score (nSPS) is 12.4. The van der Waals surface area contributed by atoms with Gasteiger partial charge in [0.15, 0.2) is 5.05 Å². The van der Waals surface area contributed by atoms with Crippen molar-refractivity contribution in [3.05, 3.63) is 0 Å². The predicted molar refractivity (Wildman–Crippen MR) is 63.0 cm³/mol. The second-order valence-corrected chi connectivity index (χ2v) is 4.23. The van der Waals surface area contributed by atoms with Crippen LogP contribution in [-0.4, -0.2) is 21.2 Å². The molecule has 5 heteroatoms. The van der Waals surface area contributed by atoms with E-state index in [4.69, 9.17) is 21.7 Å². The molecule has 0 aromatic rings. The van der Waals surface area contributed by atoms with Crippen molar-refractivity contribution in [1.29, 1.82) is 0 Å². The summed E-state index contributed by atoms with van der Waals surface area (Å²) in [5.41, 5.74) is 0. The van der Waals surface area contributed by atoms with Crippen LogP contribution in [0.2, 0.25) is 0 Å². The maximum Gasteiger partial charge on any atom is 0.357 e. The average Bonchev–Trinajstić information content (AvgIpc) is 2.02. The molecule has 3 nitrogen and oxygen atoms in total. The van der Waals surface area contributed by atoms with Crippen molar-refractivity contribution in [2.24, 2.45) is 0 Å². The Balaban J connectivity index is 3.89. The van der Waals surface area contributed by atoms with Crippen LogP contribution in [0, 0.1) is 0 Å². The van der Waals surface area contributed by atoms with Gasteiger partial charge >= 0.3 is 5.97 Å². The molecule has 13 heavy (non-hydrogen) atoms. The summed E-state index contributed by atoms with van der Waals surface area (Å²) >= 11 is 6.68. The zero-order valence-electron chi connectivity index (χ0n) is 7.87. The molecule has 0 saturated carbocycles. The smallest absolute Gasteiger partial charge is 0.357 e. The van der Waals surface area contributed by atoms with Crippen molar-refractivity contribution >= 4 is 45.8 Å². The van der Waals surface area contributed by atoms with E-state index in [2.05, 4.69) is 0 Å². The van der Waals surface area contributed by atoms with E-state index in [1.807, 2.05) is 29.5 Å². The maximum atomic E-state index is 11.2. The molecule has 0 aliphatic heterocycles. The van der Waals surface area contributed by atoms with Gasteiger partial charge in [-0.3, -0.25) is 0 Å². The Hall–Kier alpha value is 0.0900. The lowest BCUT2D eigenvalue weighted by Gasteiger charge is -2.13. The Morgan fingerprint density at radius 3 is 2.38 bits per heavy atom.